The summed E-state index contributed by atoms with van der Waals surface area (Å²) in [7, 11) is 0. The molecule has 17 heavy (non-hydrogen) atoms. The summed E-state index contributed by atoms with van der Waals surface area (Å²) in [5, 5.41) is 3.43. The Bertz CT molecular complexity index is 409. The van der Waals surface area contributed by atoms with Crippen molar-refractivity contribution >= 4 is 17.4 Å². The second-order valence-corrected chi connectivity index (χ2v) is 6.01. The molecule has 0 spiro atoms. The lowest BCUT2D eigenvalue weighted by atomic mass is 10.1. The molecule has 1 aromatic rings. The highest BCUT2D eigenvalue weighted by Crippen LogP contribution is 2.30. The normalized spacial score (nSPS) is 24.7. The quantitative estimate of drug-likeness (QED) is 0.860. The summed E-state index contributed by atoms with van der Waals surface area (Å²) < 4.78 is 27.4. The molecule has 1 heterocycles. The molecule has 0 saturated carbocycles. The van der Waals surface area contributed by atoms with E-state index in [-0.39, 0.29) is 11.7 Å². The molecule has 1 saturated heterocycles. The molecule has 1 aliphatic rings. The van der Waals surface area contributed by atoms with Crippen LogP contribution in [0.5, 0.6) is 0 Å². The maximum Gasteiger partial charge on any atom is 0.152 e. The maximum absolute atomic E-state index is 13.8. The van der Waals surface area contributed by atoms with E-state index in [4.69, 9.17) is 0 Å². The molecule has 1 aromatic carbocycles. The van der Waals surface area contributed by atoms with Crippen LogP contribution in [-0.2, 0) is 0 Å². The highest BCUT2D eigenvalue weighted by Gasteiger charge is 2.24. The predicted octanol–water partition coefficient (Wildman–Crippen LogP) is 3.97. The molecule has 4 heteroatoms. The first kappa shape index (κ1) is 12.7. The highest BCUT2D eigenvalue weighted by atomic mass is 32.2. The summed E-state index contributed by atoms with van der Waals surface area (Å²) in [5.41, 5.74) is 0.509. The maximum atomic E-state index is 13.8. The van der Waals surface area contributed by atoms with E-state index < -0.39 is 11.6 Å². The van der Waals surface area contributed by atoms with Crippen molar-refractivity contribution < 1.29 is 8.78 Å². The fraction of sp³-hybridized carbons (Fsp3) is 0.538. The van der Waals surface area contributed by atoms with Crippen molar-refractivity contribution in [2.75, 3.05) is 11.1 Å². The van der Waals surface area contributed by atoms with Crippen LogP contribution in [-0.4, -0.2) is 17.0 Å². The van der Waals surface area contributed by atoms with Crippen LogP contribution in [0.1, 0.15) is 25.3 Å². The van der Waals surface area contributed by atoms with Gasteiger partial charge in [0.2, 0.25) is 0 Å². The number of benzene rings is 1. The standard InChI is InChI=1S/C13H17F2NS/c1-8-5-6-10(14)13(12(8)15)16-11-4-3-7-17-9(11)2/h5-6,9,11,16H,3-4,7H2,1-2H3. The highest BCUT2D eigenvalue weighted by molar-refractivity contribution is 8.00. The van der Waals surface area contributed by atoms with Crippen molar-refractivity contribution in [3.8, 4) is 0 Å². The van der Waals surface area contributed by atoms with Crippen molar-refractivity contribution in [2.24, 2.45) is 0 Å². The van der Waals surface area contributed by atoms with Gasteiger partial charge in [-0.15, -0.1) is 0 Å². The zero-order valence-corrected chi connectivity index (χ0v) is 10.9. The summed E-state index contributed by atoms with van der Waals surface area (Å²) in [6.45, 7) is 3.76. The summed E-state index contributed by atoms with van der Waals surface area (Å²) in [6.07, 6.45) is 2.07. The lowest BCUT2D eigenvalue weighted by Gasteiger charge is -2.30. The Morgan fingerprint density at radius 3 is 2.82 bits per heavy atom. The van der Waals surface area contributed by atoms with E-state index in [0.717, 1.165) is 18.6 Å². The second kappa shape index (κ2) is 5.25. The molecule has 2 unspecified atom stereocenters. The van der Waals surface area contributed by atoms with Crippen LogP contribution in [0.3, 0.4) is 0 Å². The molecule has 0 aliphatic carbocycles. The van der Waals surface area contributed by atoms with Crippen molar-refractivity contribution in [3.05, 3.63) is 29.3 Å². The number of anilines is 1. The van der Waals surface area contributed by atoms with Gasteiger partial charge < -0.3 is 5.32 Å². The Hall–Kier alpha value is -0.770. The van der Waals surface area contributed by atoms with Crippen LogP contribution >= 0.6 is 11.8 Å². The van der Waals surface area contributed by atoms with Gasteiger partial charge in [0.1, 0.15) is 11.5 Å². The van der Waals surface area contributed by atoms with Gasteiger partial charge in [0.25, 0.3) is 0 Å². The van der Waals surface area contributed by atoms with Crippen LogP contribution in [0.15, 0.2) is 12.1 Å². The van der Waals surface area contributed by atoms with E-state index in [1.54, 1.807) is 6.92 Å². The Kier molecular flexibility index (Phi) is 3.92. The zero-order valence-electron chi connectivity index (χ0n) is 10.1. The molecule has 0 amide bonds. The fourth-order valence-corrected chi connectivity index (χ4v) is 3.23. The van der Waals surface area contributed by atoms with Gasteiger partial charge in [0, 0.05) is 11.3 Å². The molecular formula is C13H17F2NS. The number of hydrogen-bond donors (Lipinski definition) is 1. The molecule has 0 aromatic heterocycles. The number of halogens is 2. The van der Waals surface area contributed by atoms with Crippen LogP contribution in [0, 0.1) is 18.6 Å². The van der Waals surface area contributed by atoms with Gasteiger partial charge in [0.05, 0.1) is 0 Å². The predicted molar refractivity (Wildman–Crippen MR) is 69.7 cm³/mol. The Labute approximate surface area is 105 Å². The molecule has 0 radical (unpaired) electrons. The molecule has 2 rings (SSSR count). The molecule has 1 N–H and O–H groups in total. The first-order valence-electron chi connectivity index (χ1n) is 5.92. The number of rotatable bonds is 2. The minimum atomic E-state index is -0.504. The molecule has 1 aliphatic heterocycles. The molecule has 94 valence electrons. The van der Waals surface area contributed by atoms with Crippen molar-refractivity contribution in [3.63, 3.8) is 0 Å². The van der Waals surface area contributed by atoms with E-state index in [1.165, 1.54) is 12.1 Å². The van der Waals surface area contributed by atoms with E-state index >= 15 is 0 Å². The minimum Gasteiger partial charge on any atom is -0.376 e. The summed E-state index contributed by atoms with van der Waals surface area (Å²) in [6, 6.07) is 2.94. The van der Waals surface area contributed by atoms with E-state index in [9.17, 15) is 8.78 Å². The third-order valence-corrected chi connectivity index (χ3v) is 4.60. The second-order valence-electron chi connectivity index (χ2n) is 4.52. The molecule has 2 atom stereocenters. The van der Waals surface area contributed by atoms with Gasteiger partial charge in [-0.05, 0) is 37.1 Å². The molecule has 1 fully saturated rings. The molecular weight excluding hydrogens is 240 g/mol. The fourth-order valence-electron chi connectivity index (χ4n) is 2.09. The first-order chi connectivity index (χ1) is 8.09. The van der Waals surface area contributed by atoms with Gasteiger partial charge in [-0.25, -0.2) is 8.78 Å². The average Bonchev–Trinajstić information content (AvgIpc) is 2.32. The monoisotopic (exact) mass is 257 g/mol. The van der Waals surface area contributed by atoms with Crippen LogP contribution in [0.25, 0.3) is 0 Å². The zero-order chi connectivity index (χ0) is 12.4. The van der Waals surface area contributed by atoms with Crippen LogP contribution < -0.4 is 5.32 Å². The van der Waals surface area contributed by atoms with E-state index in [2.05, 4.69) is 12.2 Å². The minimum absolute atomic E-state index is 0.0318. The Balaban J connectivity index is 2.20. The third-order valence-electron chi connectivity index (χ3n) is 3.22. The van der Waals surface area contributed by atoms with Gasteiger partial charge >= 0.3 is 0 Å². The average molecular weight is 257 g/mol. The van der Waals surface area contributed by atoms with Gasteiger partial charge in [-0.2, -0.15) is 11.8 Å². The third kappa shape index (κ3) is 2.73. The first-order valence-corrected chi connectivity index (χ1v) is 6.97. The largest absolute Gasteiger partial charge is 0.376 e. The van der Waals surface area contributed by atoms with E-state index in [1.807, 2.05) is 11.8 Å². The van der Waals surface area contributed by atoms with E-state index in [0.29, 0.717) is 10.8 Å². The van der Waals surface area contributed by atoms with Gasteiger partial charge in [0.15, 0.2) is 5.82 Å². The summed E-state index contributed by atoms with van der Waals surface area (Å²) in [4.78, 5) is 0. The Morgan fingerprint density at radius 1 is 1.35 bits per heavy atom. The topological polar surface area (TPSA) is 12.0 Å². The number of aryl methyl sites for hydroxylation is 1. The van der Waals surface area contributed by atoms with Crippen molar-refractivity contribution in [2.45, 2.75) is 38.0 Å². The van der Waals surface area contributed by atoms with Gasteiger partial charge in [-0.1, -0.05) is 13.0 Å². The SMILES string of the molecule is Cc1ccc(F)c(NC2CCCSC2C)c1F. The molecule has 1 nitrogen and oxygen atoms in total. The van der Waals surface area contributed by atoms with Crippen molar-refractivity contribution in [1.29, 1.82) is 0 Å². The van der Waals surface area contributed by atoms with Crippen molar-refractivity contribution in [1.82, 2.24) is 0 Å². The molecule has 0 bridgehead atoms. The lowest BCUT2D eigenvalue weighted by Crippen LogP contribution is -2.33. The Morgan fingerprint density at radius 2 is 2.12 bits per heavy atom. The van der Waals surface area contributed by atoms with Crippen LogP contribution in [0.2, 0.25) is 0 Å². The number of hydrogen-bond acceptors (Lipinski definition) is 2. The van der Waals surface area contributed by atoms with Gasteiger partial charge in [-0.3, -0.25) is 0 Å². The summed E-state index contributed by atoms with van der Waals surface area (Å²) in [5.74, 6) is 0.168. The summed E-state index contributed by atoms with van der Waals surface area (Å²) >= 11 is 1.85. The van der Waals surface area contributed by atoms with Crippen LogP contribution in [0.4, 0.5) is 14.5 Å². The smallest absolute Gasteiger partial charge is 0.152 e. The number of nitrogens with one attached hydrogen (secondary N) is 1. The number of thioether (sulfide) groups is 1. The lowest BCUT2D eigenvalue weighted by molar-refractivity contribution is 0.562.